The second-order valence-corrected chi connectivity index (χ2v) is 17.4. The molecule has 2 aliphatic heterocycles. The van der Waals surface area contributed by atoms with Gasteiger partial charge in [0.1, 0.15) is 0 Å². The zero-order valence-electron chi connectivity index (χ0n) is 30.5. The molecule has 0 amide bonds. The topological polar surface area (TPSA) is 45.3 Å². The number of hydrogen-bond acceptors (Lipinski definition) is 3. The first-order chi connectivity index (χ1) is 22.7. The zero-order chi connectivity index (χ0) is 31.7. The summed E-state index contributed by atoms with van der Waals surface area (Å²) in [4.78, 5) is 0. The lowest BCUT2D eigenvalue weighted by Crippen LogP contribution is -2.17. The van der Waals surface area contributed by atoms with Crippen molar-refractivity contribution in [3.8, 4) is 0 Å². The van der Waals surface area contributed by atoms with E-state index in [9.17, 15) is 5.11 Å². The molecule has 268 valence electrons. The molecule has 5 rings (SSSR count). The Balaban J connectivity index is 0.847. The summed E-state index contributed by atoms with van der Waals surface area (Å²) >= 11 is 0. The van der Waals surface area contributed by atoms with Crippen molar-refractivity contribution in [3.63, 3.8) is 0 Å². The van der Waals surface area contributed by atoms with Gasteiger partial charge >= 0.3 is 0 Å². The standard InChI is InChI=1S/C43H78O3/c44-39-29-25-36(26-30-39)22-16-10-2-1-7-13-19-35(20-14-8-3-5-11-17-23-37-27-31-40-42(33-37)45-40)21-15-9-4-6-12-18-24-38-28-32-41-43(34-38)46-41/h35-44H,1-34H2/t35?,36?,37?,38?,39?,40-,41?,42?,43?/m0/s1. The highest BCUT2D eigenvalue weighted by molar-refractivity contribution is 4.92. The van der Waals surface area contributed by atoms with Gasteiger partial charge in [-0.25, -0.2) is 0 Å². The summed E-state index contributed by atoms with van der Waals surface area (Å²) in [6.07, 6.45) is 50.9. The molecule has 0 radical (unpaired) electrons. The summed E-state index contributed by atoms with van der Waals surface area (Å²) in [6.45, 7) is 0. The van der Waals surface area contributed by atoms with Crippen LogP contribution in [0.25, 0.3) is 0 Å². The average Bonchev–Trinajstić information content (AvgIpc) is 4.00. The molecule has 3 heteroatoms. The van der Waals surface area contributed by atoms with Crippen LogP contribution in [0.4, 0.5) is 0 Å². The van der Waals surface area contributed by atoms with E-state index in [-0.39, 0.29) is 6.10 Å². The molecule has 3 nitrogen and oxygen atoms in total. The Kier molecular flexibility index (Phi) is 17.6. The van der Waals surface area contributed by atoms with Gasteiger partial charge in [0.05, 0.1) is 30.5 Å². The Labute approximate surface area is 286 Å². The maximum Gasteiger partial charge on any atom is 0.0844 e. The number of fused-ring (bicyclic) bond motifs is 2. The molecule has 5 fully saturated rings. The maximum atomic E-state index is 9.74. The minimum Gasteiger partial charge on any atom is -0.393 e. The first kappa shape index (κ1) is 37.1. The molecule has 6 unspecified atom stereocenters. The van der Waals surface area contributed by atoms with Crippen molar-refractivity contribution in [2.75, 3.05) is 0 Å². The lowest BCUT2D eigenvalue weighted by Gasteiger charge is -2.25. The van der Waals surface area contributed by atoms with Gasteiger partial charge in [-0.15, -0.1) is 0 Å². The first-order valence-electron chi connectivity index (χ1n) is 21.7. The van der Waals surface area contributed by atoms with E-state index in [1.807, 2.05) is 0 Å². The van der Waals surface area contributed by atoms with Gasteiger partial charge in [-0.2, -0.15) is 0 Å². The first-order valence-corrected chi connectivity index (χ1v) is 21.7. The Morgan fingerprint density at radius 1 is 0.370 bits per heavy atom. The van der Waals surface area contributed by atoms with Crippen LogP contribution in [-0.4, -0.2) is 35.6 Å². The Bertz CT molecular complexity index is 717. The summed E-state index contributed by atoms with van der Waals surface area (Å²) in [7, 11) is 0. The van der Waals surface area contributed by atoms with Crippen molar-refractivity contribution in [1.29, 1.82) is 0 Å². The maximum absolute atomic E-state index is 9.74. The lowest BCUT2D eigenvalue weighted by molar-refractivity contribution is 0.106. The Morgan fingerprint density at radius 2 is 0.717 bits per heavy atom. The van der Waals surface area contributed by atoms with Gasteiger partial charge in [-0.3, -0.25) is 0 Å². The van der Waals surface area contributed by atoms with Crippen LogP contribution in [0.3, 0.4) is 0 Å². The third-order valence-electron chi connectivity index (χ3n) is 13.5. The largest absolute Gasteiger partial charge is 0.393 e. The minimum absolute atomic E-state index is 0.00478. The molecule has 1 N–H and O–H groups in total. The summed E-state index contributed by atoms with van der Waals surface area (Å²) in [6, 6.07) is 0. The molecule has 0 aromatic carbocycles. The van der Waals surface area contributed by atoms with Crippen molar-refractivity contribution in [2.45, 2.75) is 249 Å². The van der Waals surface area contributed by atoms with Crippen LogP contribution >= 0.6 is 0 Å². The Morgan fingerprint density at radius 3 is 1.13 bits per heavy atom. The van der Waals surface area contributed by atoms with E-state index in [2.05, 4.69) is 0 Å². The van der Waals surface area contributed by atoms with Crippen LogP contribution in [0.5, 0.6) is 0 Å². The number of aliphatic hydroxyl groups is 1. The highest BCUT2D eigenvalue weighted by Crippen LogP contribution is 2.42. The highest BCUT2D eigenvalue weighted by atomic mass is 16.6. The van der Waals surface area contributed by atoms with Gasteiger partial charge in [0.25, 0.3) is 0 Å². The van der Waals surface area contributed by atoms with Gasteiger partial charge in [0.15, 0.2) is 0 Å². The van der Waals surface area contributed by atoms with E-state index in [1.54, 1.807) is 0 Å². The number of ether oxygens (including phenoxy) is 2. The van der Waals surface area contributed by atoms with Crippen molar-refractivity contribution in [3.05, 3.63) is 0 Å². The Hall–Kier alpha value is -0.120. The van der Waals surface area contributed by atoms with E-state index in [4.69, 9.17) is 9.47 Å². The molecule has 3 aliphatic carbocycles. The normalized spacial score (nSPS) is 32.5. The predicted octanol–water partition coefficient (Wildman–Crippen LogP) is 12.7. The van der Waals surface area contributed by atoms with Crippen LogP contribution in [-0.2, 0) is 9.47 Å². The molecular weight excluding hydrogens is 564 g/mol. The third-order valence-corrected chi connectivity index (χ3v) is 13.5. The van der Waals surface area contributed by atoms with E-state index >= 15 is 0 Å². The van der Waals surface area contributed by atoms with Crippen LogP contribution < -0.4 is 0 Å². The number of unbranched alkanes of at least 4 members (excludes halogenated alkanes) is 15. The van der Waals surface area contributed by atoms with Crippen molar-refractivity contribution in [1.82, 2.24) is 0 Å². The van der Waals surface area contributed by atoms with Crippen LogP contribution in [0.15, 0.2) is 0 Å². The van der Waals surface area contributed by atoms with Gasteiger partial charge in [0, 0.05) is 0 Å². The molecule has 0 aromatic heterocycles. The van der Waals surface area contributed by atoms with Gasteiger partial charge in [-0.05, 0) is 87.9 Å². The fraction of sp³-hybridized carbons (Fsp3) is 1.00. The second-order valence-electron chi connectivity index (χ2n) is 17.4. The molecule has 46 heavy (non-hydrogen) atoms. The average molecular weight is 643 g/mol. The summed E-state index contributed by atoms with van der Waals surface area (Å²) in [5, 5.41) is 9.74. The summed E-state index contributed by atoms with van der Waals surface area (Å²) in [5.41, 5.74) is 0. The predicted molar refractivity (Wildman–Crippen MR) is 194 cm³/mol. The minimum atomic E-state index is 0.00478. The van der Waals surface area contributed by atoms with E-state index in [1.165, 1.54) is 205 Å². The zero-order valence-corrected chi connectivity index (χ0v) is 30.5. The van der Waals surface area contributed by atoms with Gasteiger partial charge in [0.2, 0.25) is 0 Å². The molecule has 7 atom stereocenters. The molecule has 0 spiro atoms. The number of hydrogen-bond donors (Lipinski definition) is 1. The number of aliphatic hydroxyl groups excluding tert-OH is 1. The lowest BCUT2D eigenvalue weighted by atomic mass is 9.84. The second kappa shape index (κ2) is 21.9. The molecule has 0 bridgehead atoms. The number of epoxide rings is 2. The van der Waals surface area contributed by atoms with Crippen molar-refractivity contribution < 1.29 is 14.6 Å². The monoisotopic (exact) mass is 643 g/mol. The molecule has 5 aliphatic rings. The molecular formula is C43H78O3. The highest BCUT2D eigenvalue weighted by Gasteiger charge is 2.44. The quantitative estimate of drug-likeness (QED) is 0.0716. The van der Waals surface area contributed by atoms with E-state index in [0.717, 1.165) is 36.5 Å². The fourth-order valence-corrected chi connectivity index (χ4v) is 10.1. The van der Waals surface area contributed by atoms with Crippen molar-refractivity contribution >= 4 is 0 Å². The van der Waals surface area contributed by atoms with Crippen LogP contribution in [0.1, 0.15) is 218 Å². The SMILES string of the molecule is OC1CCC(CCCCCCCCC(CCCCCCCCC2CCC3OC3C2)CCCCCCCCC2CC[C@@H]3OC3C2)CC1. The summed E-state index contributed by atoms with van der Waals surface area (Å²) in [5.74, 6) is 3.86. The smallest absolute Gasteiger partial charge is 0.0844 e. The molecule has 2 saturated heterocycles. The van der Waals surface area contributed by atoms with Crippen LogP contribution in [0, 0.1) is 23.7 Å². The number of rotatable bonds is 27. The van der Waals surface area contributed by atoms with E-state index < -0.39 is 0 Å². The fourth-order valence-electron chi connectivity index (χ4n) is 10.1. The van der Waals surface area contributed by atoms with Crippen LogP contribution in [0.2, 0.25) is 0 Å². The molecule has 2 heterocycles. The van der Waals surface area contributed by atoms with Gasteiger partial charge in [-0.1, -0.05) is 154 Å². The van der Waals surface area contributed by atoms with E-state index in [0.29, 0.717) is 24.4 Å². The third kappa shape index (κ3) is 15.2. The van der Waals surface area contributed by atoms with Gasteiger partial charge < -0.3 is 14.6 Å². The van der Waals surface area contributed by atoms with Crippen molar-refractivity contribution in [2.24, 2.45) is 23.7 Å². The molecule has 3 saturated carbocycles. The summed E-state index contributed by atoms with van der Waals surface area (Å²) < 4.78 is 11.5. The molecule has 0 aromatic rings.